The lowest BCUT2D eigenvalue weighted by Gasteiger charge is -2.07. The Balaban J connectivity index is 2.01. The molecule has 0 unspecified atom stereocenters. The van der Waals surface area contributed by atoms with E-state index in [1.807, 2.05) is 0 Å². The third-order valence-electron chi connectivity index (χ3n) is 2.23. The molecule has 1 aromatic carbocycles. The van der Waals surface area contributed by atoms with Crippen LogP contribution in [0, 0.1) is 11.6 Å². The van der Waals surface area contributed by atoms with Crippen LogP contribution in [-0.2, 0) is 13.1 Å². The summed E-state index contributed by atoms with van der Waals surface area (Å²) in [6.07, 6.45) is 1.51. The highest BCUT2D eigenvalue weighted by molar-refractivity contribution is 9.10. The summed E-state index contributed by atoms with van der Waals surface area (Å²) < 4.78 is 32.0. The Morgan fingerprint density at radius 2 is 2.06 bits per heavy atom. The second-order valence-corrected chi connectivity index (χ2v) is 4.26. The normalized spacial score (nSPS) is 10.8. The lowest BCUT2D eigenvalue weighted by molar-refractivity contribution is 0.371. The Bertz CT molecular complexity index is 502. The molecule has 90 valence electrons. The number of nitrogens with zero attached hydrogens (tertiary/aromatic N) is 1. The highest BCUT2D eigenvalue weighted by Crippen LogP contribution is 2.21. The number of hydrogen-bond donors (Lipinski definition) is 1. The molecule has 0 saturated carbocycles. The van der Waals surface area contributed by atoms with Crippen molar-refractivity contribution in [3.8, 4) is 0 Å². The van der Waals surface area contributed by atoms with Crippen LogP contribution < -0.4 is 5.32 Å². The lowest BCUT2D eigenvalue weighted by Crippen LogP contribution is -2.14. The van der Waals surface area contributed by atoms with E-state index in [1.165, 1.54) is 18.3 Å². The molecule has 1 aromatic heterocycles. The van der Waals surface area contributed by atoms with Crippen LogP contribution in [0.15, 0.2) is 33.4 Å². The van der Waals surface area contributed by atoms with Crippen molar-refractivity contribution in [2.75, 3.05) is 0 Å². The van der Waals surface area contributed by atoms with Gasteiger partial charge in [-0.2, -0.15) is 0 Å². The van der Waals surface area contributed by atoms with Crippen LogP contribution in [0.25, 0.3) is 0 Å². The average Bonchev–Trinajstić information content (AvgIpc) is 2.81. The molecule has 0 saturated heterocycles. The highest BCUT2D eigenvalue weighted by atomic mass is 79.9. The van der Waals surface area contributed by atoms with E-state index < -0.39 is 11.6 Å². The van der Waals surface area contributed by atoms with Crippen molar-refractivity contribution in [2.24, 2.45) is 0 Å². The van der Waals surface area contributed by atoms with E-state index in [4.69, 9.17) is 4.52 Å². The second kappa shape index (κ2) is 5.37. The molecule has 17 heavy (non-hydrogen) atoms. The summed E-state index contributed by atoms with van der Waals surface area (Å²) in [4.78, 5) is 0. The third kappa shape index (κ3) is 2.89. The zero-order valence-corrected chi connectivity index (χ0v) is 10.3. The van der Waals surface area contributed by atoms with Gasteiger partial charge in [0.1, 0.15) is 17.4 Å². The Kier molecular flexibility index (Phi) is 3.86. The molecule has 0 aliphatic carbocycles. The van der Waals surface area contributed by atoms with Crippen LogP contribution in [0.4, 0.5) is 8.78 Å². The first-order valence-electron chi connectivity index (χ1n) is 4.91. The van der Waals surface area contributed by atoms with Gasteiger partial charge in [-0.3, -0.25) is 0 Å². The summed E-state index contributed by atoms with van der Waals surface area (Å²) in [7, 11) is 0. The molecule has 2 aromatic rings. The molecule has 0 atom stereocenters. The number of nitrogens with one attached hydrogen (secondary N) is 1. The zero-order valence-electron chi connectivity index (χ0n) is 8.71. The molecule has 0 bridgehead atoms. The van der Waals surface area contributed by atoms with Crippen molar-refractivity contribution in [1.82, 2.24) is 10.5 Å². The van der Waals surface area contributed by atoms with Gasteiger partial charge in [-0.1, -0.05) is 5.16 Å². The number of rotatable bonds is 4. The number of hydrogen-bond acceptors (Lipinski definition) is 3. The second-order valence-electron chi connectivity index (χ2n) is 3.40. The molecule has 0 aliphatic rings. The predicted octanol–water partition coefficient (Wildman–Crippen LogP) is 3.01. The maximum Gasteiger partial charge on any atom is 0.150 e. The van der Waals surface area contributed by atoms with Crippen LogP contribution >= 0.6 is 15.9 Å². The molecule has 0 fully saturated rings. The average molecular weight is 303 g/mol. The van der Waals surface area contributed by atoms with Gasteiger partial charge in [-0.05, 0) is 28.1 Å². The number of benzene rings is 1. The fourth-order valence-corrected chi connectivity index (χ4v) is 1.75. The van der Waals surface area contributed by atoms with E-state index in [0.29, 0.717) is 12.3 Å². The van der Waals surface area contributed by atoms with E-state index in [9.17, 15) is 8.78 Å². The fraction of sp³-hybridized carbons (Fsp3) is 0.182. The van der Waals surface area contributed by atoms with Crippen molar-refractivity contribution in [1.29, 1.82) is 0 Å². The SMILES string of the molecule is Fc1ccc(Br)c(F)c1CNCc1ccno1. The molecule has 1 N–H and O–H groups in total. The maximum atomic E-state index is 13.6. The van der Waals surface area contributed by atoms with Gasteiger partial charge in [0.05, 0.1) is 17.2 Å². The smallest absolute Gasteiger partial charge is 0.150 e. The van der Waals surface area contributed by atoms with Crippen LogP contribution in [0.1, 0.15) is 11.3 Å². The summed E-state index contributed by atoms with van der Waals surface area (Å²) in [6.45, 7) is 0.448. The fourth-order valence-electron chi connectivity index (χ4n) is 1.38. The van der Waals surface area contributed by atoms with Crippen molar-refractivity contribution < 1.29 is 13.3 Å². The molecule has 3 nitrogen and oxygen atoms in total. The minimum atomic E-state index is -0.588. The zero-order chi connectivity index (χ0) is 12.3. The molecular weight excluding hydrogens is 294 g/mol. The largest absolute Gasteiger partial charge is 0.360 e. The van der Waals surface area contributed by atoms with Crippen LogP contribution in [0.3, 0.4) is 0 Å². The molecule has 1 heterocycles. The summed E-state index contributed by atoms with van der Waals surface area (Å²) in [5.41, 5.74) is -0.00103. The molecule has 0 amide bonds. The predicted molar refractivity (Wildman–Crippen MR) is 61.1 cm³/mol. The molecule has 2 rings (SSSR count). The van der Waals surface area contributed by atoms with Crippen LogP contribution in [0.2, 0.25) is 0 Å². The Morgan fingerprint density at radius 1 is 1.24 bits per heavy atom. The first-order chi connectivity index (χ1) is 8.18. The summed E-state index contributed by atoms with van der Waals surface area (Å²) in [5, 5.41) is 6.40. The lowest BCUT2D eigenvalue weighted by atomic mass is 10.2. The van der Waals surface area contributed by atoms with Gasteiger partial charge in [-0.25, -0.2) is 8.78 Å². The first-order valence-corrected chi connectivity index (χ1v) is 5.70. The van der Waals surface area contributed by atoms with E-state index in [1.54, 1.807) is 6.07 Å². The Labute approximate surface area is 105 Å². The van der Waals surface area contributed by atoms with Gasteiger partial charge in [0.2, 0.25) is 0 Å². The minimum absolute atomic E-state index is 0.00103. The summed E-state index contributed by atoms with van der Waals surface area (Å²) in [6, 6.07) is 4.24. The number of aromatic nitrogens is 1. The summed E-state index contributed by atoms with van der Waals surface area (Å²) in [5.74, 6) is -0.549. The van der Waals surface area contributed by atoms with E-state index in [-0.39, 0.29) is 16.6 Å². The van der Waals surface area contributed by atoms with Gasteiger partial charge < -0.3 is 9.84 Å². The molecule has 0 radical (unpaired) electrons. The van der Waals surface area contributed by atoms with E-state index in [0.717, 1.165) is 0 Å². The van der Waals surface area contributed by atoms with Gasteiger partial charge in [0.25, 0.3) is 0 Å². The van der Waals surface area contributed by atoms with Crippen molar-refractivity contribution in [3.63, 3.8) is 0 Å². The standard InChI is InChI=1S/C11H9BrF2N2O/c12-9-1-2-10(13)8(11(9)14)6-15-5-7-3-4-16-17-7/h1-4,15H,5-6H2. The van der Waals surface area contributed by atoms with Gasteiger partial charge in [0.15, 0.2) is 0 Å². The van der Waals surface area contributed by atoms with E-state index >= 15 is 0 Å². The molecule has 6 heteroatoms. The Morgan fingerprint density at radius 3 is 2.76 bits per heavy atom. The highest BCUT2D eigenvalue weighted by Gasteiger charge is 2.11. The topological polar surface area (TPSA) is 38.1 Å². The molecule has 0 spiro atoms. The van der Waals surface area contributed by atoms with Crippen molar-refractivity contribution in [3.05, 3.63) is 51.8 Å². The van der Waals surface area contributed by atoms with Crippen molar-refractivity contribution >= 4 is 15.9 Å². The van der Waals surface area contributed by atoms with Gasteiger partial charge in [-0.15, -0.1) is 0 Å². The van der Waals surface area contributed by atoms with Crippen LogP contribution in [0.5, 0.6) is 0 Å². The minimum Gasteiger partial charge on any atom is -0.360 e. The molecule has 0 aliphatic heterocycles. The molecular formula is C11H9BrF2N2O. The monoisotopic (exact) mass is 302 g/mol. The quantitative estimate of drug-likeness (QED) is 0.882. The van der Waals surface area contributed by atoms with Gasteiger partial charge >= 0.3 is 0 Å². The van der Waals surface area contributed by atoms with Gasteiger partial charge in [0, 0.05) is 18.2 Å². The number of halogens is 3. The first kappa shape index (κ1) is 12.2. The third-order valence-corrected chi connectivity index (χ3v) is 2.84. The van der Waals surface area contributed by atoms with Crippen LogP contribution in [-0.4, -0.2) is 5.16 Å². The summed E-state index contributed by atoms with van der Waals surface area (Å²) >= 11 is 3.01. The maximum absolute atomic E-state index is 13.6. The Hall–Kier alpha value is -1.27. The van der Waals surface area contributed by atoms with Crippen molar-refractivity contribution in [2.45, 2.75) is 13.1 Å². The van der Waals surface area contributed by atoms with E-state index in [2.05, 4.69) is 26.4 Å².